The molecule has 2 saturated heterocycles. The van der Waals surface area contributed by atoms with E-state index in [0.29, 0.717) is 23.4 Å². The third-order valence-electron chi connectivity index (χ3n) is 8.47. The normalized spacial score (nSPS) is 26.8. The van der Waals surface area contributed by atoms with Crippen molar-refractivity contribution in [3.8, 4) is 5.75 Å². The minimum Gasteiger partial charge on any atom is -0.490 e. The third-order valence-corrected chi connectivity index (χ3v) is 10.1. The predicted molar refractivity (Wildman–Crippen MR) is 149 cm³/mol. The number of aliphatic imine (C=N–C) groups is 1. The van der Waals surface area contributed by atoms with Crippen LogP contribution < -0.4 is 10.1 Å². The maximum atomic E-state index is 12.9. The highest BCUT2D eigenvalue weighted by Gasteiger charge is 2.43. The molecule has 0 spiro atoms. The van der Waals surface area contributed by atoms with Gasteiger partial charge in [-0.15, -0.1) is 4.21 Å². The van der Waals surface area contributed by atoms with E-state index in [1.165, 1.54) is 0 Å². The molecule has 2 unspecified atom stereocenters. The summed E-state index contributed by atoms with van der Waals surface area (Å²) in [7, 11) is 2.59. The van der Waals surface area contributed by atoms with Crippen LogP contribution in [0, 0.1) is 0 Å². The molecule has 1 aromatic carbocycles. The van der Waals surface area contributed by atoms with E-state index in [9.17, 15) is 9.00 Å². The summed E-state index contributed by atoms with van der Waals surface area (Å²) in [5.41, 5.74) is 1.73. The van der Waals surface area contributed by atoms with Crippen molar-refractivity contribution in [2.75, 3.05) is 46.2 Å². The standard InChI is InChI=1S/C28H39N5O4S/c1-31(21-5-6-21)27(34)19-3-7-22(8-4-19)37-23-9-14-33(15-10-23)28-30-24-13-18-38(35)25(24)26(32(28)2)29-20-11-16-36-17-12-20/h3-4,7-8,20-21,23,26,29H,5-6,9-18H2,1-2H3/p+1. The fourth-order valence-corrected chi connectivity index (χ4v) is 7.58. The number of benzene rings is 1. The van der Waals surface area contributed by atoms with Crippen LogP contribution in [0.2, 0.25) is 0 Å². The molecule has 206 valence electrons. The summed E-state index contributed by atoms with van der Waals surface area (Å²) in [5.74, 6) is 2.57. The Bertz CT molecular complexity index is 1120. The first kappa shape index (κ1) is 25.8. The Hall–Kier alpha value is -2.43. The summed E-state index contributed by atoms with van der Waals surface area (Å²) in [6.07, 6.45) is 6.82. The van der Waals surface area contributed by atoms with Crippen LogP contribution in [0.5, 0.6) is 5.75 Å². The van der Waals surface area contributed by atoms with Crippen molar-refractivity contribution < 1.29 is 18.5 Å². The molecule has 1 aromatic rings. The number of hydrogen-bond donors (Lipinski definition) is 1. The lowest BCUT2D eigenvalue weighted by atomic mass is 10.1. The topological polar surface area (TPSA) is 86.7 Å². The maximum absolute atomic E-state index is 12.9. The number of likely N-dealkylation sites (tertiary alicyclic amines) is 1. The van der Waals surface area contributed by atoms with Crippen molar-refractivity contribution in [2.45, 2.75) is 69.3 Å². The highest BCUT2D eigenvalue weighted by Crippen LogP contribution is 2.34. The Morgan fingerprint density at radius 2 is 1.82 bits per heavy atom. The average molecular weight is 543 g/mol. The van der Waals surface area contributed by atoms with Crippen molar-refractivity contribution in [3.05, 3.63) is 40.4 Å². The number of nitrogens with zero attached hydrogens (tertiary/aromatic N) is 4. The second-order valence-electron chi connectivity index (χ2n) is 11.1. The molecular weight excluding hydrogens is 502 g/mol. The number of carbonyl (C=O) groups is 1. The van der Waals surface area contributed by atoms with E-state index in [1.54, 1.807) is 0 Å². The van der Waals surface area contributed by atoms with E-state index in [4.69, 9.17) is 14.5 Å². The van der Waals surface area contributed by atoms with Gasteiger partial charge in [-0.3, -0.25) is 10.1 Å². The van der Waals surface area contributed by atoms with Crippen LogP contribution >= 0.6 is 0 Å². The summed E-state index contributed by atoms with van der Waals surface area (Å²) < 4.78 is 24.8. The number of hydrogen-bond acceptors (Lipinski definition) is 8. The zero-order valence-electron chi connectivity index (χ0n) is 22.5. The molecule has 2 atom stereocenters. The molecule has 1 aliphatic carbocycles. The van der Waals surface area contributed by atoms with E-state index in [1.807, 2.05) is 36.2 Å². The molecule has 3 fully saturated rings. The van der Waals surface area contributed by atoms with Crippen LogP contribution in [0.3, 0.4) is 0 Å². The Morgan fingerprint density at radius 1 is 1.11 bits per heavy atom. The first-order chi connectivity index (χ1) is 18.5. The fourth-order valence-electron chi connectivity index (χ4n) is 5.95. The minimum absolute atomic E-state index is 0.0686. The maximum Gasteiger partial charge on any atom is 0.253 e. The van der Waals surface area contributed by atoms with E-state index < -0.39 is 10.8 Å². The van der Waals surface area contributed by atoms with Gasteiger partial charge in [0.15, 0.2) is 11.1 Å². The molecule has 0 radical (unpaired) electrons. The van der Waals surface area contributed by atoms with E-state index in [2.05, 4.69) is 22.2 Å². The quantitative estimate of drug-likeness (QED) is 0.437. The van der Waals surface area contributed by atoms with Gasteiger partial charge in [0.1, 0.15) is 34.1 Å². The van der Waals surface area contributed by atoms with Gasteiger partial charge >= 0.3 is 0 Å². The Labute approximate surface area is 227 Å². The third kappa shape index (κ3) is 5.35. The molecule has 5 aliphatic rings. The Balaban J connectivity index is 1.07. The largest absolute Gasteiger partial charge is 0.490 e. The number of thiol groups is 1. The van der Waals surface area contributed by atoms with Gasteiger partial charge in [-0.2, -0.15) is 0 Å². The van der Waals surface area contributed by atoms with Crippen LogP contribution in [-0.2, 0) is 19.7 Å². The summed E-state index contributed by atoms with van der Waals surface area (Å²) in [6, 6.07) is 8.36. The number of ether oxygens (including phenoxy) is 2. The molecule has 6 rings (SSSR count). The van der Waals surface area contributed by atoms with Crippen molar-refractivity contribution in [3.63, 3.8) is 0 Å². The summed E-state index contributed by atoms with van der Waals surface area (Å²) >= 11 is 0. The van der Waals surface area contributed by atoms with Crippen LogP contribution in [0.25, 0.3) is 0 Å². The molecule has 9 nitrogen and oxygen atoms in total. The summed E-state index contributed by atoms with van der Waals surface area (Å²) in [5, 5.41) is 3.79. The van der Waals surface area contributed by atoms with Crippen LogP contribution in [-0.4, -0.2) is 97.1 Å². The van der Waals surface area contributed by atoms with E-state index >= 15 is 0 Å². The zero-order valence-corrected chi connectivity index (χ0v) is 23.4. The molecule has 4 heterocycles. The van der Waals surface area contributed by atoms with Gasteiger partial charge in [0.05, 0.1) is 0 Å². The fraction of sp³-hybridized carbons (Fsp3) is 0.643. The van der Waals surface area contributed by atoms with Crippen molar-refractivity contribution in [2.24, 2.45) is 4.99 Å². The average Bonchev–Trinajstić information content (AvgIpc) is 3.73. The number of likely N-dealkylation sites (N-methyl/N-ethyl adjacent to an activating group) is 1. The predicted octanol–water partition coefficient (Wildman–Crippen LogP) is 2.47. The first-order valence-electron chi connectivity index (χ1n) is 14.1. The smallest absolute Gasteiger partial charge is 0.253 e. The lowest BCUT2D eigenvalue weighted by molar-refractivity contribution is 0.0706. The lowest BCUT2D eigenvalue weighted by Gasteiger charge is -2.42. The second kappa shape index (κ2) is 11.0. The molecule has 0 aromatic heterocycles. The number of amides is 1. The van der Waals surface area contributed by atoms with Gasteiger partial charge < -0.3 is 24.2 Å². The lowest BCUT2D eigenvalue weighted by Crippen LogP contribution is -2.59. The van der Waals surface area contributed by atoms with Gasteiger partial charge in [0.25, 0.3) is 5.91 Å². The Morgan fingerprint density at radius 3 is 2.50 bits per heavy atom. The van der Waals surface area contributed by atoms with Crippen molar-refractivity contribution in [1.29, 1.82) is 0 Å². The SMILES string of the molecule is CN(C(=O)c1ccc(OC2CCN(C3=NC4=C(C(NC5CCOCC5)N3C)[SH+](=O)CC4)CC2)cc1)C1CC1. The summed E-state index contributed by atoms with van der Waals surface area (Å²) in [4.78, 5) is 25.0. The number of nitrogens with one attached hydrogen (secondary N) is 1. The molecule has 1 N–H and O–H groups in total. The van der Waals surface area contributed by atoms with E-state index in [0.717, 1.165) is 93.6 Å². The van der Waals surface area contributed by atoms with Gasteiger partial charge in [0, 0.05) is 77.3 Å². The van der Waals surface area contributed by atoms with Crippen LogP contribution in [0.4, 0.5) is 0 Å². The van der Waals surface area contributed by atoms with Gasteiger partial charge in [-0.25, -0.2) is 4.99 Å². The van der Waals surface area contributed by atoms with Crippen molar-refractivity contribution >= 4 is 22.7 Å². The molecule has 4 aliphatic heterocycles. The number of carbonyl (C=O) groups excluding carboxylic acids is 1. The monoisotopic (exact) mass is 542 g/mol. The Kier molecular flexibility index (Phi) is 7.46. The number of allylic oxidation sites excluding steroid dienone is 1. The second-order valence-corrected chi connectivity index (χ2v) is 12.8. The van der Waals surface area contributed by atoms with Crippen LogP contribution in [0.15, 0.2) is 39.9 Å². The minimum atomic E-state index is -1.37. The molecule has 1 amide bonds. The zero-order chi connectivity index (χ0) is 26.2. The van der Waals surface area contributed by atoms with E-state index in [-0.39, 0.29) is 18.2 Å². The molecule has 1 saturated carbocycles. The summed E-state index contributed by atoms with van der Waals surface area (Å²) in [6.45, 7) is 3.26. The van der Waals surface area contributed by atoms with Gasteiger partial charge in [-0.1, -0.05) is 0 Å². The highest BCUT2D eigenvalue weighted by atomic mass is 32.2. The first-order valence-corrected chi connectivity index (χ1v) is 15.5. The molecular formula is C28H40N5O4S+. The number of piperidine rings is 1. The van der Waals surface area contributed by atoms with Crippen LogP contribution in [0.1, 0.15) is 55.3 Å². The number of rotatable bonds is 6. The van der Waals surface area contributed by atoms with Gasteiger partial charge in [-0.05, 0) is 49.9 Å². The number of guanidine groups is 1. The molecule has 0 bridgehead atoms. The molecule has 10 heteroatoms. The molecule has 38 heavy (non-hydrogen) atoms. The highest BCUT2D eigenvalue weighted by molar-refractivity contribution is 7.89. The van der Waals surface area contributed by atoms with Crippen molar-refractivity contribution in [1.82, 2.24) is 20.0 Å². The van der Waals surface area contributed by atoms with Gasteiger partial charge in [0.2, 0.25) is 5.96 Å².